The van der Waals surface area contributed by atoms with E-state index in [1.807, 2.05) is 45.0 Å². The zero-order valence-electron chi connectivity index (χ0n) is 12.4. The van der Waals surface area contributed by atoms with E-state index >= 15 is 0 Å². The molecule has 1 nitrogen and oxygen atoms in total. The van der Waals surface area contributed by atoms with Gasteiger partial charge in [0, 0.05) is 11.0 Å². The summed E-state index contributed by atoms with van der Waals surface area (Å²) in [5.74, 6) is 0.170. The molecule has 0 N–H and O–H groups in total. The van der Waals surface area contributed by atoms with Crippen LogP contribution >= 0.6 is 0 Å². The molecule has 0 aliphatic carbocycles. The van der Waals surface area contributed by atoms with Crippen molar-refractivity contribution in [2.75, 3.05) is 0 Å². The van der Waals surface area contributed by atoms with Crippen LogP contribution in [0.4, 0.5) is 0 Å². The monoisotopic (exact) mass is 244 g/mol. The van der Waals surface area contributed by atoms with Crippen molar-refractivity contribution in [1.29, 1.82) is 0 Å². The van der Waals surface area contributed by atoms with Crippen molar-refractivity contribution >= 4 is 11.4 Å². The molecule has 1 aromatic rings. The highest BCUT2D eigenvalue weighted by Crippen LogP contribution is 2.35. The van der Waals surface area contributed by atoms with Crippen LogP contribution in [-0.4, -0.2) is 5.78 Å². The lowest BCUT2D eigenvalue weighted by molar-refractivity contribution is 0.0858. The molecule has 0 amide bonds. The van der Waals surface area contributed by atoms with E-state index in [0.717, 1.165) is 16.7 Å². The van der Waals surface area contributed by atoms with Gasteiger partial charge in [0.25, 0.3) is 0 Å². The van der Waals surface area contributed by atoms with Gasteiger partial charge in [0.15, 0.2) is 5.78 Å². The zero-order valence-corrected chi connectivity index (χ0v) is 12.4. The second-order valence-corrected chi connectivity index (χ2v) is 6.85. The Kier molecular flexibility index (Phi) is 3.85. The molecule has 0 heterocycles. The molecule has 0 aliphatic rings. The molecule has 0 spiro atoms. The molecule has 0 saturated heterocycles. The Morgan fingerprint density at radius 2 is 1.33 bits per heavy atom. The van der Waals surface area contributed by atoms with Crippen molar-refractivity contribution in [3.8, 4) is 0 Å². The van der Waals surface area contributed by atoms with E-state index in [4.69, 9.17) is 0 Å². The van der Waals surface area contributed by atoms with Gasteiger partial charge < -0.3 is 0 Å². The van der Waals surface area contributed by atoms with Gasteiger partial charge in [0.1, 0.15) is 0 Å². The van der Waals surface area contributed by atoms with Crippen LogP contribution in [0, 0.1) is 10.8 Å². The normalized spacial score (nSPS) is 12.3. The van der Waals surface area contributed by atoms with Crippen LogP contribution in [0.3, 0.4) is 0 Å². The average Bonchev–Trinajstić information content (AvgIpc) is 2.24. The van der Waals surface area contributed by atoms with Crippen LogP contribution in [0.1, 0.15) is 57.5 Å². The third-order valence-electron chi connectivity index (χ3n) is 3.08. The summed E-state index contributed by atoms with van der Waals surface area (Å²) in [6.07, 6.45) is 0. The molecule has 18 heavy (non-hydrogen) atoms. The second kappa shape index (κ2) is 4.72. The van der Waals surface area contributed by atoms with Crippen molar-refractivity contribution in [2.45, 2.75) is 41.5 Å². The zero-order chi connectivity index (χ0) is 14.1. The van der Waals surface area contributed by atoms with Gasteiger partial charge >= 0.3 is 0 Å². The quantitative estimate of drug-likeness (QED) is 0.671. The second-order valence-electron chi connectivity index (χ2n) is 6.85. The summed E-state index contributed by atoms with van der Waals surface area (Å²) in [5.41, 5.74) is 2.37. The largest absolute Gasteiger partial charge is 0.294 e. The smallest absolute Gasteiger partial charge is 0.168 e. The molecule has 0 atom stereocenters. The molecule has 1 heteroatoms. The van der Waals surface area contributed by atoms with Crippen molar-refractivity contribution in [3.63, 3.8) is 0 Å². The number of carbonyl (C=O) groups is 1. The van der Waals surface area contributed by atoms with Crippen LogP contribution in [0.25, 0.3) is 5.57 Å². The fourth-order valence-electron chi connectivity index (χ4n) is 1.75. The van der Waals surface area contributed by atoms with Gasteiger partial charge in [-0.2, -0.15) is 0 Å². The Morgan fingerprint density at radius 1 is 0.889 bits per heavy atom. The number of benzene rings is 1. The van der Waals surface area contributed by atoms with E-state index in [0.29, 0.717) is 0 Å². The van der Waals surface area contributed by atoms with Gasteiger partial charge in [0.05, 0.1) is 0 Å². The fraction of sp³-hybridized carbons (Fsp3) is 0.471. The Bertz CT molecular complexity index is 422. The van der Waals surface area contributed by atoms with Crippen molar-refractivity contribution in [3.05, 3.63) is 42.0 Å². The number of Topliss-reactive ketones (excluding diaryl/α,β-unsaturated/α-hetero) is 1. The first-order valence-corrected chi connectivity index (χ1v) is 6.39. The number of rotatable bonds is 2. The number of allylic oxidation sites excluding steroid dienone is 1. The van der Waals surface area contributed by atoms with Crippen LogP contribution in [-0.2, 0) is 0 Å². The standard InChI is InChI=1S/C17H24O/c1-12(16(2,3)4)13-10-8-9-11-14(13)15(18)17(5,6)7/h8-11H,1H2,2-7H3. The summed E-state index contributed by atoms with van der Waals surface area (Å²) in [4.78, 5) is 12.5. The number of hydrogen-bond acceptors (Lipinski definition) is 1. The lowest BCUT2D eigenvalue weighted by Gasteiger charge is -2.26. The third-order valence-corrected chi connectivity index (χ3v) is 3.08. The Labute approximate surface area is 111 Å². The van der Waals surface area contributed by atoms with E-state index in [2.05, 4.69) is 27.4 Å². The van der Waals surface area contributed by atoms with Crippen molar-refractivity contribution in [2.24, 2.45) is 10.8 Å². The lowest BCUT2D eigenvalue weighted by Crippen LogP contribution is -2.22. The fourth-order valence-corrected chi connectivity index (χ4v) is 1.75. The maximum absolute atomic E-state index is 12.5. The van der Waals surface area contributed by atoms with Crippen molar-refractivity contribution < 1.29 is 4.79 Å². The summed E-state index contributed by atoms with van der Waals surface area (Å²) in [6, 6.07) is 7.77. The van der Waals surface area contributed by atoms with E-state index in [-0.39, 0.29) is 16.6 Å². The average molecular weight is 244 g/mol. The van der Waals surface area contributed by atoms with Gasteiger partial charge in [0.2, 0.25) is 0 Å². The van der Waals surface area contributed by atoms with Crippen LogP contribution < -0.4 is 0 Å². The first-order chi connectivity index (χ1) is 8.05. The van der Waals surface area contributed by atoms with Crippen LogP contribution in [0.5, 0.6) is 0 Å². The highest BCUT2D eigenvalue weighted by molar-refractivity contribution is 6.03. The molecule has 0 aliphatic heterocycles. The Balaban J connectivity index is 3.33. The lowest BCUT2D eigenvalue weighted by atomic mass is 9.78. The molecular weight excluding hydrogens is 220 g/mol. The minimum absolute atomic E-state index is 0.0335. The molecule has 0 saturated carbocycles. The van der Waals surface area contributed by atoms with Crippen molar-refractivity contribution in [1.82, 2.24) is 0 Å². The molecule has 0 fully saturated rings. The highest BCUT2D eigenvalue weighted by atomic mass is 16.1. The molecule has 1 aromatic carbocycles. The first kappa shape index (κ1) is 14.7. The summed E-state index contributed by atoms with van der Waals surface area (Å²) >= 11 is 0. The SMILES string of the molecule is C=C(c1ccccc1C(=O)C(C)(C)C)C(C)(C)C. The predicted molar refractivity (Wildman–Crippen MR) is 78.7 cm³/mol. The van der Waals surface area contributed by atoms with Gasteiger partial charge in [-0.15, -0.1) is 0 Å². The molecule has 98 valence electrons. The summed E-state index contributed by atoms with van der Waals surface area (Å²) in [7, 11) is 0. The molecule has 0 aromatic heterocycles. The van der Waals surface area contributed by atoms with Gasteiger partial charge in [-0.05, 0) is 16.6 Å². The maximum Gasteiger partial charge on any atom is 0.168 e. The summed E-state index contributed by atoms with van der Waals surface area (Å²) < 4.78 is 0. The minimum Gasteiger partial charge on any atom is -0.294 e. The van der Waals surface area contributed by atoms with E-state index in [1.165, 1.54) is 0 Å². The van der Waals surface area contributed by atoms with Gasteiger partial charge in [-0.1, -0.05) is 72.4 Å². The molecule has 0 bridgehead atoms. The van der Waals surface area contributed by atoms with E-state index in [9.17, 15) is 4.79 Å². The topological polar surface area (TPSA) is 17.1 Å². The van der Waals surface area contributed by atoms with E-state index < -0.39 is 0 Å². The van der Waals surface area contributed by atoms with E-state index in [1.54, 1.807) is 0 Å². The number of hydrogen-bond donors (Lipinski definition) is 0. The predicted octanol–water partition coefficient (Wildman–Crippen LogP) is 4.97. The molecule has 1 rings (SSSR count). The number of carbonyl (C=O) groups excluding carboxylic acids is 1. The molecule has 0 radical (unpaired) electrons. The van der Waals surface area contributed by atoms with Crippen LogP contribution in [0.15, 0.2) is 30.8 Å². The Hall–Kier alpha value is -1.37. The minimum atomic E-state index is -0.367. The Morgan fingerprint density at radius 3 is 1.72 bits per heavy atom. The third kappa shape index (κ3) is 3.10. The van der Waals surface area contributed by atoms with Crippen LogP contribution in [0.2, 0.25) is 0 Å². The van der Waals surface area contributed by atoms with Gasteiger partial charge in [-0.25, -0.2) is 0 Å². The maximum atomic E-state index is 12.5. The molecule has 0 unspecified atom stereocenters. The van der Waals surface area contributed by atoms with Gasteiger partial charge in [-0.3, -0.25) is 4.79 Å². The summed E-state index contributed by atoms with van der Waals surface area (Å²) in [5, 5.41) is 0. The molecular formula is C17H24O. The number of ketones is 1. The first-order valence-electron chi connectivity index (χ1n) is 6.39. The highest BCUT2D eigenvalue weighted by Gasteiger charge is 2.27. The summed E-state index contributed by atoms with van der Waals surface area (Å²) in [6.45, 7) is 16.4.